The van der Waals surface area contributed by atoms with E-state index in [0.717, 1.165) is 5.57 Å². The second-order valence-corrected chi connectivity index (χ2v) is 5.71. The van der Waals surface area contributed by atoms with Crippen molar-refractivity contribution in [1.29, 1.82) is 0 Å². The minimum absolute atomic E-state index is 0.0883. The number of fused-ring (bicyclic) bond motifs is 2. The minimum atomic E-state index is -0.0883. The van der Waals surface area contributed by atoms with Gasteiger partial charge in [0, 0.05) is 6.07 Å². The van der Waals surface area contributed by atoms with E-state index >= 15 is 0 Å². The molecule has 0 amide bonds. The third-order valence-corrected chi connectivity index (χ3v) is 3.66. The molecule has 0 atom stereocenters. The Kier molecular flexibility index (Phi) is 3.90. The molecule has 112 valence electrons. The lowest BCUT2D eigenvalue weighted by atomic mass is 10.1. The summed E-state index contributed by atoms with van der Waals surface area (Å²) in [7, 11) is 0. The smallest absolute Gasteiger partial charge is 0.200 e. The number of para-hydroxylation sites is 1. The normalized spacial score (nSPS) is 10.9. The first-order valence-corrected chi connectivity index (χ1v) is 7.35. The lowest BCUT2D eigenvalue weighted by molar-refractivity contribution is 0.362. The molecule has 0 saturated heterocycles. The van der Waals surface area contributed by atoms with Crippen molar-refractivity contribution in [3.63, 3.8) is 0 Å². The molecule has 2 aromatic carbocycles. The van der Waals surface area contributed by atoms with Crippen LogP contribution in [0.5, 0.6) is 5.75 Å². The van der Waals surface area contributed by atoms with E-state index in [1.54, 1.807) is 24.3 Å². The van der Waals surface area contributed by atoms with Gasteiger partial charge in [-0.1, -0.05) is 29.3 Å². The summed E-state index contributed by atoms with van der Waals surface area (Å²) >= 11 is 6.22. The monoisotopic (exact) mass is 314 g/mol. The number of halogens is 1. The summed E-state index contributed by atoms with van der Waals surface area (Å²) in [5, 5.41) is 1.40. The summed E-state index contributed by atoms with van der Waals surface area (Å²) in [5.74, 6) is 0.505. The van der Waals surface area contributed by atoms with Crippen LogP contribution in [0.2, 0.25) is 5.02 Å². The molecule has 0 unspecified atom stereocenters. The van der Waals surface area contributed by atoms with Gasteiger partial charge in [0.25, 0.3) is 0 Å². The van der Waals surface area contributed by atoms with Crippen molar-refractivity contribution in [1.82, 2.24) is 0 Å². The standard InChI is InChI=1S/C18H15ClO3/c1-11(2)7-8-21-17-10-16-13(9-14(17)19)18(20)12-5-3-4-6-15(12)22-16/h3-7,9-10H,8H2,1-2H3. The number of hydrogen-bond donors (Lipinski definition) is 0. The van der Waals surface area contributed by atoms with Crippen molar-refractivity contribution in [3.8, 4) is 5.75 Å². The van der Waals surface area contributed by atoms with Gasteiger partial charge in [-0.05, 0) is 38.1 Å². The molecule has 3 nitrogen and oxygen atoms in total. The predicted octanol–water partition coefficient (Wildman–Crippen LogP) is 4.94. The van der Waals surface area contributed by atoms with Crippen molar-refractivity contribution in [3.05, 3.63) is 63.3 Å². The molecule has 0 radical (unpaired) electrons. The van der Waals surface area contributed by atoms with Crippen LogP contribution in [0.1, 0.15) is 13.8 Å². The number of hydrogen-bond acceptors (Lipinski definition) is 3. The van der Waals surface area contributed by atoms with E-state index in [1.165, 1.54) is 0 Å². The Morgan fingerprint density at radius 2 is 1.95 bits per heavy atom. The Bertz CT molecular complexity index is 934. The molecule has 0 aliphatic heterocycles. The summed E-state index contributed by atoms with van der Waals surface area (Å²) in [6, 6.07) is 10.4. The molecule has 3 aromatic rings. The summed E-state index contributed by atoms with van der Waals surface area (Å²) < 4.78 is 11.4. The van der Waals surface area contributed by atoms with E-state index in [2.05, 4.69) is 0 Å². The zero-order chi connectivity index (χ0) is 15.7. The Morgan fingerprint density at radius 1 is 1.18 bits per heavy atom. The second-order valence-electron chi connectivity index (χ2n) is 5.30. The SMILES string of the molecule is CC(C)=CCOc1cc2oc3ccccc3c(=O)c2cc1Cl. The summed E-state index contributed by atoms with van der Waals surface area (Å²) in [4.78, 5) is 12.5. The van der Waals surface area contributed by atoms with Crippen LogP contribution in [-0.4, -0.2) is 6.61 Å². The number of benzene rings is 2. The Morgan fingerprint density at radius 3 is 2.73 bits per heavy atom. The maximum atomic E-state index is 12.5. The van der Waals surface area contributed by atoms with Gasteiger partial charge in [0.1, 0.15) is 23.5 Å². The fourth-order valence-electron chi connectivity index (χ4n) is 2.21. The van der Waals surface area contributed by atoms with Crippen LogP contribution < -0.4 is 10.2 Å². The molecule has 4 heteroatoms. The highest BCUT2D eigenvalue weighted by Gasteiger charge is 2.11. The van der Waals surface area contributed by atoms with Gasteiger partial charge in [-0.3, -0.25) is 4.79 Å². The maximum absolute atomic E-state index is 12.5. The van der Waals surface area contributed by atoms with E-state index in [1.807, 2.05) is 32.1 Å². The molecular weight excluding hydrogens is 300 g/mol. The van der Waals surface area contributed by atoms with Gasteiger partial charge in [-0.15, -0.1) is 0 Å². The van der Waals surface area contributed by atoms with Gasteiger partial charge in [0.05, 0.1) is 15.8 Å². The fourth-order valence-corrected chi connectivity index (χ4v) is 2.43. The van der Waals surface area contributed by atoms with Crippen LogP contribution in [0.4, 0.5) is 0 Å². The van der Waals surface area contributed by atoms with Gasteiger partial charge in [-0.25, -0.2) is 0 Å². The van der Waals surface area contributed by atoms with E-state index < -0.39 is 0 Å². The summed E-state index contributed by atoms with van der Waals surface area (Å²) in [6.07, 6.45) is 1.96. The first-order chi connectivity index (χ1) is 10.6. The van der Waals surface area contributed by atoms with E-state index in [4.69, 9.17) is 20.8 Å². The van der Waals surface area contributed by atoms with Gasteiger partial charge in [0.15, 0.2) is 0 Å². The van der Waals surface area contributed by atoms with Crippen LogP contribution in [-0.2, 0) is 0 Å². The summed E-state index contributed by atoms with van der Waals surface area (Å²) in [6.45, 7) is 4.42. The zero-order valence-electron chi connectivity index (χ0n) is 12.4. The molecule has 0 aliphatic carbocycles. The third kappa shape index (κ3) is 2.72. The highest BCUT2D eigenvalue weighted by molar-refractivity contribution is 6.32. The lowest BCUT2D eigenvalue weighted by Gasteiger charge is -2.08. The van der Waals surface area contributed by atoms with Crippen molar-refractivity contribution >= 4 is 33.5 Å². The molecule has 0 aliphatic rings. The van der Waals surface area contributed by atoms with Gasteiger partial charge in [0.2, 0.25) is 5.43 Å². The van der Waals surface area contributed by atoms with E-state index in [9.17, 15) is 4.79 Å². The van der Waals surface area contributed by atoms with Crippen LogP contribution in [0, 0.1) is 0 Å². The van der Waals surface area contributed by atoms with Crippen molar-refractivity contribution in [2.75, 3.05) is 6.61 Å². The topological polar surface area (TPSA) is 39.4 Å². The molecule has 0 bridgehead atoms. The second kappa shape index (κ2) is 5.85. The zero-order valence-corrected chi connectivity index (χ0v) is 13.1. The molecular formula is C18H15ClO3. The van der Waals surface area contributed by atoms with Gasteiger partial charge < -0.3 is 9.15 Å². The average Bonchev–Trinajstić information content (AvgIpc) is 2.49. The van der Waals surface area contributed by atoms with Crippen LogP contribution in [0.3, 0.4) is 0 Å². The van der Waals surface area contributed by atoms with Crippen molar-refractivity contribution in [2.45, 2.75) is 13.8 Å². The molecule has 0 spiro atoms. The van der Waals surface area contributed by atoms with Crippen molar-refractivity contribution < 1.29 is 9.15 Å². The number of allylic oxidation sites excluding steroid dienone is 1. The molecule has 0 fully saturated rings. The van der Waals surface area contributed by atoms with Crippen LogP contribution >= 0.6 is 11.6 Å². The number of ether oxygens (including phenoxy) is 1. The molecule has 3 rings (SSSR count). The molecule has 0 saturated carbocycles. The van der Waals surface area contributed by atoms with Gasteiger partial charge in [-0.2, -0.15) is 0 Å². The molecule has 1 aromatic heterocycles. The maximum Gasteiger partial charge on any atom is 0.200 e. The lowest BCUT2D eigenvalue weighted by Crippen LogP contribution is -2.03. The van der Waals surface area contributed by atoms with Crippen LogP contribution in [0.15, 0.2) is 57.3 Å². The highest BCUT2D eigenvalue weighted by Crippen LogP contribution is 2.30. The summed E-state index contributed by atoms with van der Waals surface area (Å²) in [5.41, 5.74) is 2.10. The molecule has 1 heterocycles. The van der Waals surface area contributed by atoms with Crippen molar-refractivity contribution in [2.24, 2.45) is 0 Å². The Balaban J connectivity index is 2.14. The first kappa shape index (κ1) is 14.7. The fraction of sp³-hybridized carbons (Fsp3) is 0.167. The van der Waals surface area contributed by atoms with Gasteiger partial charge >= 0.3 is 0 Å². The average molecular weight is 315 g/mol. The van der Waals surface area contributed by atoms with Crippen LogP contribution in [0.25, 0.3) is 21.9 Å². The minimum Gasteiger partial charge on any atom is -0.488 e. The Labute approximate surface area is 132 Å². The Hall–Kier alpha value is -2.26. The predicted molar refractivity (Wildman–Crippen MR) is 89.9 cm³/mol. The third-order valence-electron chi connectivity index (χ3n) is 3.36. The van der Waals surface area contributed by atoms with E-state index in [0.29, 0.717) is 39.3 Å². The highest BCUT2D eigenvalue weighted by atomic mass is 35.5. The largest absolute Gasteiger partial charge is 0.488 e. The number of rotatable bonds is 3. The van der Waals surface area contributed by atoms with E-state index in [-0.39, 0.29) is 5.43 Å². The quantitative estimate of drug-likeness (QED) is 0.507. The molecule has 22 heavy (non-hydrogen) atoms. The first-order valence-electron chi connectivity index (χ1n) is 6.97. The molecule has 0 N–H and O–H groups in total.